The summed E-state index contributed by atoms with van der Waals surface area (Å²) >= 11 is 1.69. The number of rotatable bonds is 1. The summed E-state index contributed by atoms with van der Waals surface area (Å²) in [7, 11) is 0. The van der Waals surface area contributed by atoms with Crippen LogP contribution >= 0.6 is 11.3 Å². The molecule has 3 aromatic heterocycles. The third kappa shape index (κ3) is 1.66. The van der Waals surface area contributed by atoms with E-state index in [0.29, 0.717) is 5.92 Å². The molecule has 1 aliphatic carbocycles. The molecular formula is C15H15N3OS. The SMILES string of the molecule is C[C@@H]1CCc2c(sc3ncn(-n4cccc4)c(=O)c23)C1. The van der Waals surface area contributed by atoms with Crippen LogP contribution in [0.5, 0.6) is 0 Å². The van der Waals surface area contributed by atoms with Crippen molar-refractivity contribution in [3.63, 3.8) is 0 Å². The van der Waals surface area contributed by atoms with Crippen molar-refractivity contribution in [3.05, 3.63) is 51.6 Å². The van der Waals surface area contributed by atoms with Crippen LogP contribution in [0.15, 0.2) is 35.6 Å². The molecule has 4 rings (SSSR count). The molecule has 0 unspecified atom stereocenters. The molecule has 0 aliphatic heterocycles. The van der Waals surface area contributed by atoms with Gasteiger partial charge in [-0.15, -0.1) is 11.3 Å². The number of nitrogens with zero attached hydrogens (tertiary/aromatic N) is 3. The topological polar surface area (TPSA) is 39.8 Å². The molecule has 102 valence electrons. The van der Waals surface area contributed by atoms with Gasteiger partial charge in [0.25, 0.3) is 5.56 Å². The average molecular weight is 285 g/mol. The standard InChI is InChI=1S/C15H15N3OS/c1-10-4-5-11-12(8-10)20-14-13(11)15(19)18(9-16-14)17-6-2-3-7-17/h2-3,6-7,9-10H,4-5,8H2,1H3/t10-/m1/s1. The fourth-order valence-electron chi connectivity index (χ4n) is 2.96. The van der Waals surface area contributed by atoms with E-state index in [1.165, 1.54) is 10.4 Å². The Morgan fingerprint density at radius 1 is 1.35 bits per heavy atom. The molecule has 3 aromatic rings. The van der Waals surface area contributed by atoms with Gasteiger partial charge in [-0.2, -0.15) is 0 Å². The Morgan fingerprint density at radius 3 is 2.95 bits per heavy atom. The lowest BCUT2D eigenvalue weighted by Gasteiger charge is -2.17. The number of hydrogen-bond donors (Lipinski definition) is 0. The second-order valence-corrected chi connectivity index (χ2v) is 6.57. The van der Waals surface area contributed by atoms with Crippen molar-refractivity contribution >= 4 is 21.6 Å². The molecule has 0 saturated heterocycles. The van der Waals surface area contributed by atoms with Crippen molar-refractivity contribution in [1.82, 2.24) is 14.3 Å². The lowest BCUT2D eigenvalue weighted by atomic mass is 9.89. The van der Waals surface area contributed by atoms with Crippen molar-refractivity contribution in [3.8, 4) is 0 Å². The molecule has 5 heteroatoms. The molecule has 0 N–H and O–H groups in total. The van der Waals surface area contributed by atoms with Crippen LogP contribution in [-0.4, -0.2) is 14.3 Å². The first kappa shape index (κ1) is 11.9. The van der Waals surface area contributed by atoms with Crippen LogP contribution in [-0.2, 0) is 12.8 Å². The van der Waals surface area contributed by atoms with E-state index in [4.69, 9.17) is 0 Å². The van der Waals surface area contributed by atoms with E-state index in [9.17, 15) is 4.79 Å². The average Bonchev–Trinajstić information content (AvgIpc) is 3.05. The third-order valence-corrected chi connectivity index (χ3v) is 5.20. The van der Waals surface area contributed by atoms with E-state index in [0.717, 1.165) is 29.5 Å². The van der Waals surface area contributed by atoms with Crippen molar-refractivity contribution in [2.24, 2.45) is 5.92 Å². The summed E-state index contributed by atoms with van der Waals surface area (Å²) in [5.74, 6) is 0.710. The van der Waals surface area contributed by atoms with Crippen LogP contribution < -0.4 is 5.56 Å². The molecule has 1 aliphatic rings. The Bertz CT molecular complexity index is 829. The van der Waals surface area contributed by atoms with Crippen LogP contribution in [0.4, 0.5) is 0 Å². The highest BCUT2D eigenvalue weighted by molar-refractivity contribution is 7.18. The summed E-state index contributed by atoms with van der Waals surface area (Å²) in [5.41, 5.74) is 1.28. The lowest BCUT2D eigenvalue weighted by molar-refractivity contribution is 0.509. The van der Waals surface area contributed by atoms with Gasteiger partial charge in [-0.05, 0) is 42.9 Å². The summed E-state index contributed by atoms with van der Waals surface area (Å²) in [6.45, 7) is 2.28. The summed E-state index contributed by atoms with van der Waals surface area (Å²) in [6.07, 6.45) is 8.58. The fourth-order valence-corrected chi connectivity index (χ4v) is 4.30. The summed E-state index contributed by atoms with van der Waals surface area (Å²) < 4.78 is 3.34. The van der Waals surface area contributed by atoms with E-state index < -0.39 is 0 Å². The number of thiophene rings is 1. The number of aryl methyl sites for hydroxylation is 1. The number of hydrogen-bond acceptors (Lipinski definition) is 3. The van der Waals surface area contributed by atoms with Crippen molar-refractivity contribution in [2.45, 2.75) is 26.2 Å². The number of aromatic nitrogens is 3. The van der Waals surface area contributed by atoms with Gasteiger partial charge >= 0.3 is 0 Å². The van der Waals surface area contributed by atoms with E-state index >= 15 is 0 Å². The van der Waals surface area contributed by atoms with Crippen LogP contribution in [0, 0.1) is 5.92 Å². The fraction of sp³-hybridized carbons (Fsp3) is 0.333. The maximum Gasteiger partial charge on any atom is 0.281 e. The zero-order chi connectivity index (χ0) is 13.7. The van der Waals surface area contributed by atoms with Crippen molar-refractivity contribution < 1.29 is 0 Å². The second kappa shape index (κ2) is 4.31. The Hall–Kier alpha value is -1.88. The third-order valence-electron chi connectivity index (χ3n) is 4.04. The van der Waals surface area contributed by atoms with Gasteiger partial charge in [-0.3, -0.25) is 9.47 Å². The molecule has 0 amide bonds. The molecule has 0 spiro atoms. The van der Waals surface area contributed by atoms with Gasteiger partial charge in [0.05, 0.1) is 5.39 Å². The highest BCUT2D eigenvalue weighted by Crippen LogP contribution is 2.35. The molecule has 0 bridgehead atoms. The first-order valence-corrected chi connectivity index (χ1v) is 7.71. The van der Waals surface area contributed by atoms with Gasteiger partial charge in [0.1, 0.15) is 11.2 Å². The van der Waals surface area contributed by atoms with Crippen molar-refractivity contribution in [1.29, 1.82) is 0 Å². The Labute approximate surface area is 120 Å². The van der Waals surface area contributed by atoms with Crippen LogP contribution in [0.2, 0.25) is 0 Å². The summed E-state index contributed by atoms with van der Waals surface area (Å²) in [5, 5.41) is 0.827. The first-order valence-electron chi connectivity index (χ1n) is 6.89. The molecule has 3 heterocycles. The smallest absolute Gasteiger partial charge is 0.267 e. The van der Waals surface area contributed by atoms with E-state index in [2.05, 4.69) is 11.9 Å². The molecule has 4 nitrogen and oxygen atoms in total. The Kier molecular flexibility index (Phi) is 2.57. The maximum absolute atomic E-state index is 12.8. The molecule has 0 saturated carbocycles. The predicted molar refractivity (Wildman–Crippen MR) is 80.3 cm³/mol. The van der Waals surface area contributed by atoms with Crippen LogP contribution in [0.1, 0.15) is 23.8 Å². The van der Waals surface area contributed by atoms with E-state index in [1.54, 1.807) is 27.0 Å². The van der Waals surface area contributed by atoms with Gasteiger partial charge < -0.3 is 0 Å². The van der Waals surface area contributed by atoms with Gasteiger partial charge in [0, 0.05) is 17.3 Å². The van der Waals surface area contributed by atoms with Crippen LogP contribution in [0.25, 0.3) is 10.2 Å². The normalized spacial score (nSPS) is 18.4. The zero-order valence-electron chi connectivity index (χ0n) is 11.2. The van der Waals surface area contributed by atoms with E-state index in [-0.39, 0.29) is 5.56 Å². The largest absolute Gasteiger partial charge is 0.281 e. The Balaban J connectivity index is 2.00. The molecule has 0 fully saturated rings. The van der Waals surface area contributed by atoms with Crippen molar-refractivity contribution in [2.75, 3.05) is 0 Å². The molecule has 1 atom stereocenters. The van der Waals surface area contributed by atoms with Gasteiger partial charge in [0.15, 0.2) is 0 Å². The molecule has 20 heavy (non-hydrogen) atoms. The summed E-state index contributed by atoms with van der Waals surface area (Å²) in [4.78, 5) is 19.5. The Morgan fingerprint density at radius 2 is 2.15 bits per heavy atom. The minimum Gasteiger partial charge on any atom is -0.267 e. The molecule has 0 aromatic carbocycles. The number of fused-ring (bicyclic) bond motifs is 3. The van der Waals surface area contributed by atoms with Gasteiger partial charge in [0.2, 0.25) is 0 Å². The van der Waals surface area contributed by atoms with Crippen LogP contribution in [0.3, 0.4) is 0 Å². The first-order chi connectivity index (χ1) is 9.74. The minimum atomic E-state index is 0.0400. The van der Waals surface area contributed by atoms with Gasteiger partial charge in [-0.1, -0.05) is 6.92 Å². The highest BCUT2D eigenvalue weighted by atomic mass is 32.1. The molecule has 0 radical (unpaired) electrons. The van der Waals surface area contributed by atoms with E-state index in [1.807, 2.05) is 24.5 Å². The highest BCUT2D eigenvalue weighted by Gasteiger charge is 2.23. The van der Waals surface area contributed by atoms with Gasteiger partial charge in [-0.25, -0.2) is 9.66 Å². The zero-order valence-corrected chi connectivity index (χ0v) is 12.1. The lowest BCUT2D eigenvalue weighted by Crippen LogP contribution is -2.25. The monoisotopic (exact) mass is 285 g/mol. The quantitative estimate of drug-likeness (QED) is 0.689. The second-order valence-electron chi connectivity index (χ2n) is 5.49. The summed E-state index contributed by atoms with van der Waals surface area (Å²) in [6, 6.07) is 3.81. The maximum atomic E-state index is 12.8. The molecular weight excluding hydrogens is 270 g/mol. The minimum absolute atomic E-state index is 0.0400. The predicted octanol–water partition coefficient (Wildman–Crippen LogP) is 2.70.